The second-order valence-electron chi connectivity index (χ2n) is 2.87. The van der Waals surface area contributed by atoms with E-state index in [1.807, 2.05) is 0 Å². The highest BCUT2D eigenvalue weighted by atomic mass is 16.5. The molecule has 1 heterocycles. The van der Waals surface area contributed by atoms with E-state index in [9.17, 15) is 9.59 Å². The highest BCUT2D eigenvalue weighted by Crippen LogP contribution is 1.99. The van der Waals surface area contributed by atoms with Crippen LogP contribution in [0.1, 0.15) is 10.5 Å². The summed E-state index contributed by atoms with van der Waals surface area (Å²) in [7, 11) is 0. The van der Waals surface area contributed by atoms with E-state index in [1.54, 1.807) is 12.1 Å². The molecule has 0 aromatic carbocycles. The number of carbonyl (C=O) groups excluding carboxylic acids is 2. The first-order valence-corrected chi connectivity index (χ1v) is 4.52. The molecule has 0 bridgehead atoms. The summed E-state index contributed by atoms with van der Waals surface area (Å²) in [4.78, 5) is 25.5. The largest absolute Gasteiger partial charge is 0.448 e. The van der Waals surface area contributed by atoms with Crippen LogP contribution in [-0.4, -0.2) is 30.1 Å². The predicted octanol–water partition coefficient (Wildman–Crippen LogP) is -0.511. The van der Waals surface area contributed by atoms with Crippen molar-refractivity contribution in [3.8, 4) is 0 Å². The molecule has 16 heavy (non-hydrogen) atoms. The van der Waals surface area contributed by atoms with Gasteiger partial charge in [-0.25, -0.2) is 9.78 Å². The molecule has 0 aliphatic rings. The minimum Gasteiger partial charge on any atom is -0.448 e. The highest BCUT2D eigenvalue weighted by Gasteiger charge is 2.06. The summed E-state index contributed by atoms with van der Waals surface area (Å²) < 4.78 is 4.43. The molecule has 0 fully saturated rings. The van der Waals surface area contributed by atoms with Gasteiger partial charge in [-0.3, -0.25) is 4.79 Å². The molecule has 0 aliphatic carbocycles. The smallest absolute Gasteiger partial charge is 0.404 e. The monoisotopic (exact) mass is 224 g/mol. The zero-order valence-corrected chi connectivity index (χ0v) is 8.47. The SMILES string of the molecule is NC(=O)OCCNC(=O)c1cccc(N)n1. The van der Waals surface area contributed by atoms with Crippen LogP contribution in [0.5, 0.6) is 0 Å². The normalized spacial score (nSPS) is 9.50. The molecular weight excluding hydrogens is 212 g/mol. The van der Waals surface area contributed by atoms with Crippen LogP contribution >= 0.6 is 0 Å². The van der Waals surface area contributed by atoms with E-state index < -0.39 is 6.09 Å². The molecular formula is C9H12N4O3. The molecule has 1 aromatic heterocycles. The number of ether oxygens (including phenoxy) is 1. The van der Waals surface area contributed by atoms with Crippen molar-refractivity contribution < 1.29 is 14.3 Å². The number of hydrogen-bond acceptors (Lipinski definition) is 5. The topological polar surface area (TPSA) is 120 Å². The number of primary amides is 1. The van der Waals surface area contributed by atoms with Gasteiger partial charge in [0.05, 0.1) is 6.54 Å². The third kappa shape index (κ3) is 3.82. The third-order valence-corrected chi connectivity index (χ3v) is 1.64. The predicted molar refractivity (Wildman–Crippen MR) is 56.5 cm³/mol. The van der Waals surface area contributed by atoms with Crippen molar-refractivity contribution in [3.05, 3.63) is 23.9 Å². The Bertz CT molecular complexity index is 394. The van der Waals surface area contributed by atoms with Gasteiger partial charge in [0.1, 0.15) is 18.1 Å². The number of nitrogen functional groups attached to an aromatic ring is 1. The van der Waals surface area contributed by atoms with Crippen LogP contribution in [0.25, 0.3) is 0 Å². The van der Waals surface area contributed by atoms with E-state index in [0.29, 0.717) is 0 Å². The lowest BCUT2D eigenvalue weighted by atomic mass is 10.3. The quantitative estimate of drug-likeness (QED) is 0.595. The fourth-order valence-electron chi connectivity index (χ4n) is 0.985. The molecule has 0 aliphatic heterocycles. The number of pyridine rings is 1. The van der Waals surface area contributed by atoms with Crippen molar-refractivity contribution in [3.63, 3.8) is 0 Å². The minimum atomic E-state index is -0.878. The summed E-state index contributed by atoms with van der Waals surface area (Å²) >= 11 is 0. The number of carbonyl (C=O) groups is 2. The van der Waals surface area contributed by atoms with Crippen molar-refractivity contribution in [2.75, 3.05) is 18.9 Å². The Morgan fingerprint density at radius 3 is 2.81 bits per heavy atom. The first kappa shape index (κ1) is 11.8. The van der Waals surface area contributed by atoms with E-state index in [4.69, 9.17) is 11.5 Å². The summed E-state index contributed by atoms with van der Waals surface area (Å²) in [5.41, 5.74) is 10.4. The number of nitrogens with one attached hydrogen (secondary N) is 1. The summed E-state index contributed by atoms with van der Waals surface area (Å²) in [5.74, 6) is -0.124. The van der Waals surface area contributed by atoms with Gasteiger partial charge in [0.25, 0.3) is 5.91 Å². The Labute approximate surface area is 91.8 Å². The first-order valence-electron chi connectivity index (χ1n) is 4.52. The van der Waals surface area contributed by atoms with E-state index in [1.165, 1.54) is 6.07 Å². The van der Waals surface area contributed by atoms with Crippen molar-refractivity contribution in [2.45, 2.75) is 0 Å². The van der Waals surface area contributed by atoms with Gasteiger partial charge >= 0.3 is 6.09 Å². The van der Waals surface area contributed by atoms with Crippen molar-refractivity contribution in [1.82, 2.24) is 10.3 Å². The second-order valence-corrected chi connectivity index (χ2v) is 2.87. The fourth-order valence-corrected chi connectivity index (χ4v) is 0.985. The van der Waals surface area contributed by atoms with Gasteiger partial charge in [-0.15, -0.1) is 0 Å². The maximum absolute atomic E-state index is 11.4. The van der Waals surface area contributed by atoms with Crippen LogP contribution in [0.3, 0.4) is 0 Å². The average Bonchev–Trinajstić information content (AvgIpc) is 2.24. The molecule has 0 spiro atoms. The molecule has 2 amide bonds. The number of nitrogens with two attached hydrogens (primary N) is 2. The maximum Gasteiger partial charge on any atom is 0.404 e. The molecule has 7 nitrogen and oxygen atoms in total. The van der Waals surface area contributed by atoms with Crippen molar-refractivity contribution >= 4 is 17.8 Å². The lowest BCUT2D eigenvalue weighted by Crippen LogP contribution is -2.29. The molecule has 0 atom stereocenters. The minimum absolute atomic E-state index is 0.0173. The fraction of sp³-hybridized carbons (Fsp3) is 0.222. The Morgan fingerprint density at radius 2 is 2.19 bits per heavy atom. The second kappa shape index (κ2) is 5.54. The number of nitrogens with zero attached hydrogens (tertiary/aromatic N) is 1. The van der Waals surface area contributed by atoms with Gasteiger partial charge < -0.3 is 21.5 Å². The van der Waals surface area contributed by atoms with E-state index in [0.717, 1.165) is 0 Å². The molecule has 7 heteroatoms. The summed E-state index contributed by atoms with van der Waals surface area (Å²) in [5, 5.41) is 2.49. The molecule has 0 saturated heterocycles. The van der Waals surface area contributed by atoms with E-state index in [-0.39, 0.29) is 30.6 Å². The van der Waals surface area contributed by atoms with Crippen LogP contribution < -0.4 is 16.8 Å². The van der Waals surface area contributed by atoms with Crippen molar-refractivity contribution in [2.24, 2.45) is 5.73 Å². The summed E-state index contributed by atoms with van der Waals surface area (Å²) in [6.45, 7) is 0.182. The lowest BCUT2D eigenvalue weighted by Gasteiger charge is -2.04. The number of hydrogen-bond donors (Lipinski definition) is 3. The van der Waals surface area contributed by atoms with Crippen LogP contribution in [0, 0.1) is 0 Å². The van der Waals surface area contributed by atoms with Crippen LogP contribution in [0.15, 0.2) is 18.2 Å². The molecule has 0 unspecified atom stereocenters. The van der Waals surface area contributed by atoms with Crippen LogP contribution in [0.4, 0.5) is 10.6 Å². The number of aromatic nitrogens is 1. The molecule has 0 radical (unpaired) electrons. The lowest BCUT2D eigenvalue weighted by molar-refractivity contribution is 0.0932. The zero-order valence-electron chi connectivity index (χ0n) is 8.47. The highest BCUT2D eigenvalue weighted by molar-refractivity contribution is 5.92. The third-order valence-electron chi connectivity index (χ3n) is 1.64. The van der Waals surface area contributed by atoms with Gasteiger partial charge in [0, 0.05) is 0 Å². The number of anilines is 1. The Hall–Kier alpha value is -2.31. The van der Waals surface area contributed by atoms with Gasteiger partial charge in [-0.05, 0) is 12.1 Å². The van der Waals surface area contributed by atoms with Crippen molar-refractivity contribution in [1.29, 1.82) is 0 Å². The molecule has 0 saturated carbocycles. The van der Waals surface area contributed by atoms with E-state index >= 15 is 0 Å². The summed E-state index contributed by atoms with van der Waals surface area (Å²) in [6, 6.07) is 4.73. The Balaban J connectivity index is 2.38. The van der Waals surface area contributed by atoms with Gasteiger partial charge in [-0.1, -0.05) is 6.07 Å². The number of amides is 2. The summed E-state index contributed by atoms with van der Waals surface area (Å²) in [6.07, 6.45) is -0.878. The van der Waals surface area contributed by atoms with Gasteiger partial charge in [-0.2, -0.15) is 0 Å². The Morgan fingerprint density at radius 1 is 1.44 bits per heavy atom. The standard InChI is InChI=1S/C9H12N4O3/c10-7-3-1-2-6(13-7)8(14)12-4-5-16-9(11)15/h1-3H,4-5H2,(H2,10,13)(H2,11,15)(H,12,14). The van der Waals surface area contributed by atoms with Gasteiger partial charge in [0.15, 0.2) is 0 Å². The molecule has 86 valence electrons. The van der Waals surface area contributed by atoms with Gasteiger partial charge in [0.2, 0.25) is 0 Å². The van der Waals surface area contributed by atoms with Crippen LogP contribution in [0.2, 0.25) is 0 Å². The average molecular weight is 224 g/mol. The molecule has 5 N–H and O–H groups in total. The van der Waals surface area contributed by atoms with E-state index in [2.05, 4.69) is 15.0 Å². The van der Waals surface area contributed by atoms with Crippen LogP contribution in [-0.2, 0) is 4.74 Å². The maximum atomic E-state index is 11.4. The first-order chi connectivity index (χ1) is 7.59. The zero-order chi connectivity index (χ0) is 12.0. The Kier molecular flexibility index (Phi) is 4.07. The molecule has 1 aromatic rings. The number of rotatable bonds is 4. The molecule has 1 rings (SSSR count).